The average molecular weight is 420 g/mol. The van der Waals surface area contributed by atoms with E-state index in [4.69, 9.17) is 4.74 Å². The number of nitrogens with one attached hydrogen (secondary N) is 1. The van der Waals surface area contributed by atoms with E-state index in [0.717, 1.165) is 4.90 Å². The molecule has 0 bridgehead atoms. The Labute approximate surface area is 171 Å². The zero-order valence-corrected chi connectivity index (χ0v) is 17.2. The fraction of sp³-hybridized carbons (Fsp3) is 0.450. The molecule has 0 spiro atoms. The molecule has 154 valence electrons. The molecular weight excluding hydrogens is 395 g/mol. The van der Waals surface area contributed by atoms with Crippen LogP contribution >= 0.6 is 11.3 Å². The number of likely N-dealkylation sites (tertiary alicyclic amines) is 1. The van der Waals surface area contributed by atoms with Crippen molar-refractivity contribution in [3.8, 4) is 5.88 Å². The van der Waals surface area contributed by atoms with Gasteiger partial charge < -0.3 is 14.7 Å². The number of aromatic nitrogens is 3. The Balaban J connectivity index is 1.69. The van der Waals surface area contributed by atoms with Gasteiger partial charge in [0.25, 0.3) is 0 Å². The first-order chi connectivity index (χ1) is 14.0. The summed E-state index contributed by atoms with van der Waals surface area (Å²) in [7, 11) is 0. The van der Waals surface area contributed by atoms with Crippen LogP contribution in [0.1, 0.15) is 42.1 Å². The first-order valence-electron chi connectivity index (χ1n) is 9.80. The van der Waals surface area contributed by atoms with E-state index in [0.29, 0.717) is 53.8 Å². The number of benzene rings is 1. The van der Waals surface area contributed by atoms with Crippen LogP contribution in [0.2, 0.25) is 0 Å². The van der Waals surface area contributed by atoms with Gasteiger partial charge in [-0.2, -0.15) is 4.52 Å². The van der Waals surface area contributed by atoms with Crippen molar-refractivity contribution in [2.75, 3.05) is 19.7 Å². The van der Waals surface area contributed by atoms with Gasteiger partial charge in [-0.05, 0) is 26.0 Å². The minimum atomic E-state index is -0.395. The predicted molar refractivity (Wildman–Crippen MR) is 106 cm³/mol. The minimum absolute atomic E-state index is 0.00105. The summed E-state index contributed by atoms with van der Waals surface area (Å²) in [6, 6.07) is 6.25. The van der Waals surface area contributed by atoms with E-state index in [1.54, 1.807) is 32.0 Å². The maximum Gasteiger partial charge on any atom is 0.309 e. The van der Waals surface area contributed by atoms with E-state index in [1.807, 2.05) is 0 Å². The van der Waals surface area contributed by atoms with Gasteiger partial charge in [-0.1, -0.05) is 23.5 Å². The third-order valence-corrected chi connectivity index (χ3v) is 6.53. The van der Waals surface area contributed by atoms with Crippen LogP contribution in [-0.2, 0) is 9.53 Å². The molecule has 2 N–H and O–H groups in total. The Bertz CT molecular complexity index is 1030. The lowest BCUT2D eigenvalue weighted by molar-refractivity contribution is -0.930. The highest BCUT2D eigenvalue weighted by atomic mass is 32.1. The van der Waals surface area contributed by atoms with E-state index < -0.39 is 6.04 Å². The van der Waals surface area contributed by atoms with Gasteiger partial charge in [0, 0.05) is 12.8 Å². The second-order valence-electron chi connectivity index (χ2n) is 7.28. The summed E-state index contributed by atoms with van der Waals surface area (Å²) in [6.45, 7) is 5.29. The van der Waals surface area contributed by atoms with E-state index in [1.165, 1.54) is 21.9 Å². The fourth-order valence-electron chi connectivity index (χ4n) is 4.06. The number of ether oxygens (including phenoxy) is 1. The highest BCUT2D eigenvalue weighted by molar-refractivity contribution is 7.17. The van der Waals surface area contributed by atoms with Crippen molar-refractivity contribution < 1.29 is 23.9 Å². The van der Waals surface area contributed by atoms with Gasteiger partial charge in [0.15, 0.2) is 6.04 Å². The van der Waals surface area contributed by atoms with Crippen LogP contribution < -0.4 is 4.90 Å². The molecule has 29 heavy (non-hydrogen) atoms. The number of aryl methyl sites for hydroxylation is 1. The van der Waals surface area contributed by atoms with Gasteiger partial charge in [-0.15, -0.1) is 5.10 Å². The number of fused-ring (bicyclic) bond motifs is 1. The molecule has 0 aliphatic carbocycles. The molecule has 1 aliphatic heterocycles. The molecule has 0 unspecified atom stereocenters. The topological polar surface area (TPSA) is 81.2 Å². The van der Waals surface area contributed by atoms with Gasteiger partial charge in [0.2, 0.25) is 10.8 Å². The summed E-state index contributed by atoms with van der Waals surface area (Å²) in [5, 5.41) is 15.1. The number of carbonyl (C=O) groups excluding carboxylic acids is 1. The van der Waals surface area contributed by atoms with E-state index in [9.17, 15) is 14.3 Å². The lowest BCUT2D eigenvalue weighted by atomic mass is 9.93. The molecule has 0 amide bonds. The number of hydrogen-bond acceptors (Lipinski definition) is 6. The Morgan fingerprint density at radius 2 is 2.14 bits per heavy atom. The van der Waals surface area contributed by atoms with Crippen LogP contribution in [0, 0.1) is 18.7 Å². The first kappa shape index (κ1) is 19.8. The van der Waals surface area contributed by atoms with Crippen molar-refractivity contribution in [3.63, 3.8) is 0 Å². The number of rotatable bonds is 5. The summed E-state index contributed by atoms with van der Waals surface area (Å²) in [5.74, 6) is -0.0289. The van der Waals surface area contributed by atoms with Gasteiger partial charge in [0.05, 0.1) is 31.2 Å². The maximum atomic E-state index is 14.8. The summed E-state index contributed by atoms with van der Waals surface area (Å²) in [6.07, 6.45) is 1.33. The lowest BCUT2D eigenvalue weighted by Crippen LogP contribution is -3.13. The monoisotopic (exact) mass is 419 g/mol. The largest absolute Gasteiger partial charge is 0.492 e. The Kier molecular flexibility index (Phi) is 5.51. The number of aromatic hydroxyl groups is 1. The molecule has 3 aromatic rings. The molecule has 1 atom stereocenters. The Hall–Kier alpha value is -2.52. The number of halogens is 1. The second kappa shape index (κ2) is 8.08. The van der Waals surface area contributed by atoms with Crippen LogP contribution in [0.4, 0.5) is 4.39 Å². The molecule has 9 heteroatoms. The molecule has 1 aromatic carbocycles. The highest BCUT2D eigenvalue weighted by Gasteiger charge is 2.38. The van der Waals surface area contributed by atoms with Crippen molar-refractivity contribution in [3.05, 3.63) is 46.3 Å². The van der Waals surface area contributed by atoms with Crippen LogP contribution in [0.15, 0.2) is 24.3 Å². The minimum Gasteiger partial charge on any atom is -0.492 e. The SMILES string of the molecule is CCOC(=O)C1CC[NH+]([C@H](c2ccccc2F)c2sc3nc(C)nn3c2O)CC1. The van der Waals surface area contributed by atoms with Gasteiger partial charge in [-0.25, -0.2) is 9.37 Å². The molecular formula is C20H24FN4O3S+. The highest BCUT2D eigenvalue weighted by Crippen LogP contribution is 2.36. The van der Waals surface area contributed by atoms with Crippen molar-refractivity contribution in [1.82, 2.24) is 14.6 Å². The summed E-state index contributed by atoms with van der Waals surface area (Å²) in [4.78, 5) is 18.7. The summed E-state index contributed by atoms with van der Waals surface area (Å²) in [5.41, 5.74) is 0.522. The maximum absolute atomic E-state index is 14.8. The molecule has 7 nitrogen and oxygen atoms in total. The molecule has 1 aliphatic rings. The second-order valence-corrected chi connectivity index (χ2v) is 8.29. The number of esters is 1. The zero-order chi connectivity index (χ0) is 20.5. The van der Waals surface area contributed by atoms with Gasteiger partial charge in [0.1, 0.15) is 16.5 Å². The molecule has 1 fully saturated rings. The Morgan fingerprint density at radius 1 is 1.41 bits per heavy atom. The van der Waals surface area contributed by atoms with Crippen LogP contribution in [0.5, 0.6) is 5.88 Å². The molecule has 4 rings (SSSR count). The molecule has 0 saturated carbocycles. The van der Waals surface area contributed by atoms with Crippen LogP contribution in [-0.4, -0.2) is 45.4 Å². The number of thiazole rings is 1. The number of piperidine rings is 1. The van der Waals surface area contributed by atoms with Gasteiger partial charge >= 0.3 is 5.97 Å². The third-order valence-electron chi connectivity index (χ3n) is 5.44. The summed E-state index contributed by atoms with van der Waals surface area (Å²) < 4.78 is 21.3. The van der Waals surface area contributed by atoms with E-state index >= 15 is 0 Å². The van der Waals surface area contributed by atoms with E-state index in [-0.39, 0.29) is 23.6 Å². The lowest BCUT2D eigenvalue weighted by Gasteiger charge is -2.33. The number of quaternary nitrogens is 1. The summed E-state index contributed by atoms with van der Waals surface area (Å²) >= 11 is 1.33. The average Bonchev–Trinajstić information content (AvgIpc) is 3.22. The van der Waals surface area contributed by atoms with Crippen molar-refractivity contribution in [1.29, 1.82) is 0 Å². The molecule has 0 radical (unpaired) electrons. The number of hydrogen-bond donors (Lipinski definition) is 2. The van der Waals surface area contributed by atoms with E-state index in [2.05, 4.69) is 10.1 Å². The Morgan fingerprint density at radius 3 is 2.79 bits per heavy atom. The van der Waals surface area contributed by atoms with Crippen molar-refractivity contribution in [2.45, 2.75) is 32.7 Å². The quantitative estimate of drug-likeness (QED) is 0.618. The van der Waals surface area contributed by atoms with Crippen molar-refractivity contribution >= 4 is 22.3 Å². The molecule has 1 saturated heterocycles. The fourth-order valence-corrected chi connectivity index (χ4v) is 5.24. The predicted octanol–water partition coefficient (Wildman–Crippen LogP) is 1.89. The number of carbonyl (C=O) groups is 1. The zero-order valence-electron chi connectivity index (χ0n) is 16.4. The smallest absolute Gasteiger partial charge is 0.309 e. The van der Waals surface area contributed by atoms with Crippen LogP contribution in [0.25, 0.3) is 4.96 Å². The van der Waals surface area contributed by atoms with Crippen molar-refractivity contribution in [2.24, 2.45) is 5.92 Å². The molecule has 3 heterocycles. The number of nitrogens with zero attached hydrogens (tertiary/aromatic N) is 3. The van der Waals surface area contributed by atoms with Crippen LogP contribution in [0.3, 0.4) is 0 Å². The van der Waals surface area contributed by atoms with Gasteiger partial charge in [-0.3, -0.25) is 4.79 Å². The molecule has 2 aromatic heterocycles. The normalized spacial score (nSPS) is 20.7. The third kappa shape index (κ3) is 3.72. The standard InChI is InChI=1S/C20H23FN4O3S/c1-3-28-19(27)13-8-10-24(11-9-13)16(14-6-4-5-7-15(14)21)17-18(26)25-20(29-17)22-12(2)23-25/h4-7,13,16,26H,3,8-11H2,1-2H3/p+1/t16-/m1/s1. The first-order valence-corrected chi connectivity index (χ1v) is 10.6.